The van der Waals surface area contributed by atoms with Crippen molar-refractivity contribution in [2.45, 2.75) is 46.6 Å². The second kappa shape index (κ2) is 4.91. The van der Waals surface area contributed by atoms with Gasteiger partial charge in [0, 0.05) is 11.0 Å². The van der Waals surface area contributed by atoms with Crippen molar-refractivity contribution in [3.8, 4) is 0 Å². The van der Waals surface area contributed by atoms with E-state index in [0.29, 0.717) is 0 Å². The normalized spacial score (nSPS) is 12.3. The maximum atomic E-state index is 12.0. The Hall–Kier alpha value is -1.31. The van der Waals surface area contributed by atoms with Gasteiger partial charge in [-0.1, -0.05) is 51.1 Å². The molecule has 0 aromatic heterocycles. The predicted octanol–water partition coefficient (Wildman–Crippen LogP) is 3.17. The summed E-state index contributed by atoms with van der Waals surface area (Å²) < 4.78 is 0. The summed E-state index contributed by atoms with van der Waals surface area (Å²) in [5, 5.41) is 3.11. The van der Waals surface area contributed by atoms with Crippen molar-refractivity contribution in [1.82, 2.24) is 5.32 Å². The summed E-state index contributed by atoms with van der Waals surface area (Å²) in [5.41, 5.74) is 0.686. The van der Waals surface area contributed by atoms with Crippen LogP contribution >= 0.6 is 0 Å². The van der Waals surface area contributed by atoms with E-state index in [9.17, 15) is 4.79 Å². The first-order chi connectivity index (χ1) is 7.71. The third kappa shape index (κ3) is 4.59. The molecule has 0 fully saturated rings. The summed E-state index contributed by atoms with van der Waals surface area (Å²) in [5.74, 6) is 0.0958. The molecule has 94 valence electrons. The van der Waals surface area contributed by atoms with Crippen LogP contribution in [-0.2, 0) is 11.2 Å². The molecule has 0 atom stereocenters. The molecule has 0 aliphatic heterocycles. The van der Waals surface area contributed by atoms with Gasteiger partial charge in [0.25, 0.3) is 0 Å². The summed E-state index contributed by atoms with van der Waals surface area (Å²) in [7, 11) is 0. The fourth-order valence-corrected chi connectivity index (χ4v) is 1.65. The van der Waals surface area contributed by atoms with Crippen LogP contribution in [0.3, 0.4) is 0 Å². The van der Waals surface area contributed by atoms with E-state index >= 15 is 0 Å². The highest BCUT2D eigenvalue weighted by Crippen LogP contribution is 2.18. The molecule has 0 saturated carbocycles. The maximum absolute atomic E-state index is 12.0. The zero-order valence-corrected chi connectivity index (χ0v) is 11.5. The van der Waals surface area contributed by atoms with Gasteiger partial charge < -0.3 is 5.32 Å². The Bertz CT molecular complexity index is 374. The van der Waals surface area contributed by atoms with E-state index < -0.39 is 0 Å². The summed E-state index contributed by atoms with van der Waals surface area (Å²) in [6.07, 6.45) is 0.843. The second-order valence-electron chi connectivity index (χ2n) is 6.25. The minimum absolute atomic E-state index is 0.0958. The van der Waals surface area contributed by atoms with Gasteiger partial charge in [-0.3, -0.25) is 4.79 Å². The van der Waals surface area contributed by atoms with Gasteiger partial charge in [-0.05, 0) is 25.8 Å². The first-order valence-electron chi connectivity index (χ1n) is 6.07. The van der Waals surface area contributed by atoms with Gasteiger partial charge in [-0.25, -0.2) is 0 Å². The Balaban J connectivity index is 2.67. The molecule has 1 aromatic rings. The third-order valence-electron chi connectivity index (χ3n) is 2.62. The average Bonchev–Trinajstić information content (AvgIpc) is 2.16. The third-order valence-corrected chi connectivity index (χ3v) is 2.62. The van der Waals surface area contributed by atoms with E-state index in [1.165, 1.54) is 5.56 Å². The number of hydrogen-bond donors (Lipinski definition) is 1. The molecule has 0 saturated heterocycles. The molecule has 0 aliphatic carbocycles. The SMILES string of the molecule is CC(C)(Cc1ccccc1)NC(=O)C(C)(C)C. The molecule has 0 radical (unpaired) electrons. The van der Waals surface area contributed by atoms with Crippen molar-refractivity contribution >= 4 is 5.91 Å². The highest BCUT2D eigenvalue weighted by Gasteiger charge is 2.27. The van der Waals surface area contributed by atoms with Gasteiger partial charge in [0.1, 0.15) is 0 Å². The summed E-state index contributed by atoms with van der Waals surface area (Å²) >= 11 is 0. The molecule has 2 nitrogen and oxygen atoms in total. The zero-order valence-electron chi connectivity index (χ0n) is 11.5. The monoisotopic (exact) mass is 233 g/mol. The van der Waals surface area contributed by atoms with Gasteiger partial charge in [0.2, 0.25) is 5.91 Å². The molecule has 0 unspecified atom stereocenters. The lowest BCUT2D eigenvalue weighted by molar-refractivity contribution is -0.130. The van der Waals surface area contributed by atoms with Gasteiger partial charge in [0.05, 0.1) is 0 Å². The summed E-state index contributed by atoms with van der Waals surface area (Å²) in [4.78, 5) is 12.0. The number of carbonyl (C=O) groups excluding carboxylic acids is 1. The lowest BCUT2D eigenvalue weighted by Crippen LogP contribution is -2.49. The molecule has 17 heavy (non-hydrogen) atoms. The van der Waals surface area contributed by atoms with Crippen LogP contribution in [0.2, 0.25) is 0 Å². The van der Waals surface area contributed by atoms with Gasteiger partial charge >= 0.3 is 0 Å². The van der Waals surface area contributed by atoms with Crippen molar-refractivity contribution < 1.29 is 4.79 Å². The zero-order chi connectivity index (χ0) is 13.1. The molecular formula is C15H23NO. The fourth-order valence-electron chi connectivity index (χ4n) is 1.65. The molecule has 2 heteroatoms. The minimum Gasteiger partial charge on any atom is -0.350 e. The fraction of sp³-hybridized carbons (Fsp3) is 0.533. The van der Waals surface area contributed by atoms with Crippen LogP contribution in [0.25, 0.3) is 0 Å². The van der Waals surface area contributed by atoms with Crippen LogP contribution in [-0.4, -0.2) is 11.4 Å². The van der Waals surface area contributed by atoms with Crippen LogP contribution in [0.1, 0.15) is 40.2 Å². The van der Waals surface area contributed by atoms with Gasteiger partial charge in [-0.2, -0.15) is 0 Å². The van der Waals surface area contributed by atoms with Gasteiger partial charge in [0.15, 0.2) is 0 Å². The number of rotatable bonds is 3. The first kappa shape index (κ1) is 13.8. The van der Waals surface area contributed by atoms with Gasteiger partial charge in [-0.15, -0.1) is 0 Å². The number of benzene rings is 1. The Labute approximate surface area is 104 Å². The molecule has 0 heterocycles. The minimum atomic E-state index is -0.339. The second-order valence-corrected chi connectivity index (χ2v) is 6.25. The van der Waals surface area contributed by atoms with Crippen molar-refractivity contribution in [3.63, 3.8) is 0 Å². The summed E-state index contributed by atoms with van der Waals surface area (Å²) in [6.45, 7) is 9.91. The molecule has 1 N–H and O–H groups in total. The van der Waals surface area contributed by atoms with Crippen molar-refractivity contribution in [1.29, 1.82) is 0 Å². The van der Waals surface area contributed by atoms with Crippen molar-refractivity contribution in [3.05, 3.63) is 35.9 Å². The lowest BCUT2D eigenvalue weighted by Gasteiger charge is -2.30. The topological polar surface area (TPSA) is 29.1 Å². The molecule has 1 amide bonds. The van der Waals surface area contributed by atoms with E-state index in [2.05, 4.69) is 31.3 Å². The highest BCUT2D eigenvalue weighted by atomic mass is 16.2. The lowest BCUT2D eigenvalue weighted by atomic mass is 9.90. The van der Waals surface area contributed by atoms with Crippen LogP contribution in [0, 0.1) is 5.41 Å². The van der Waals surface area contributed by atoms with Crippen molar-refractivity contribution in [2.24, 2.45) is 5.41 Å². The maximum Gasteiger partial charge on any atom is 0.225 e. The molecule has 0 bridgehead atoms. The van der Waals surface area contributed by atoms with Crippen molar-refractivity contribution in [2.75, 3.05) is 0 Å². The number of hydrogen-bond acceptors (Lipinski definition) is 1. The van der Waals surface area contributed by atoms with Crippen LogP contribution in [0.4, 0.5) is 0 Å². The number of amides is 1. The summed E-state index contributed by atoms with van der Waals surface area (Å²) in [6, 6.07) is 10.2. The van der Waals surface area contributed by atoms with E-state index in [4.69, 9.17) is 0 Å². The molecule has 1 aromatic carbocycles. The molecule has 1 rings (SSSR count). The predicted molar refractivity (Wildman–Crippen MR) is 71.8 cm³/mol. The Morgan fingerprint density at radius 1 is 1.06 bits per heavy atom. The average molecular weight is 233 g/mol. The molecule has 0 spiro atoms. The van der Waals surface area contributed by atoms with E-state index in [-0.39, 0.29) is 16.9 Å². The highest BCUT2D eigenvalue weighted by molar-refractivity contribution is 5.82. The standard InChI is InChI=1S/C15H23NO/c1-14(2,3)13(17)16-15(4,5)11-12-9-7-6-8-10-12/h6-10H,11H2,1-5H3,(H,16,17). The van der Waals surface area contributed by atoms with E-state index in [0.717, 1.165) is 6.42 Å². The van der Waals surface area contributed by atoms with Crippen LogP contribution in [0.15, 0.2) is 30.3 Å². The van der Waals surface area contributed by atoms with Crippen LogP contribution in [0.5, 0.6) is 0 Å². The van der Waals surface area contributed by atoms with E-state index in [1.807, 2.05) is 39.0 Å². The Morgan fingerprint density at radius 3 is 2.06 bits per heavy atom. The quantitative estimate of drug-likeness (QED) is 0.853. The Morgan fingerprint density at radius 2 is 1.59 bits per heavy atom. The molecular weight excluding hydrogens is 210 g/mol. The smallest absolute Gasteiger partial charge is 0.225 e. The van der Waals surface area contributed by atoms with E-state index in [1.54, 1.807) is 0 Å². The first-order valence-corrected chi connectivity index (χ1v) is 6.07. The molecule has 0 aliphatic rings. The van der Waals surface area contributed by atoms with Crippen LogP contribution < -0.4 is 5.32 Å². The Kier molecular flexibility index (Phi) is 3.97. The largest absolute Gasteiger partial charge is 0.350 e. The number of carbonyl (C=O) groups is 1. The number of nitrogens with one attached hydrogen (secondary N) is 1.